The predicted molar refractivity (Wildman–Crippen MR) is 120 cm³/mol. The fourth-order valence-corrected chi connectivity index (χ4v) is 2.44. The number of carbonyl (C=O) groups is 1. The second-order valence-electron chi connectivity index (χ2n) is 5.69. The Morgan fingerprint density at radius 2 is 1.64 bits per heavy atom. The smallest absolute Gasteiger partial charge is 0.305 e. The van der Waals surface area contributed by atoms with Crippen molar-refractivity contribution in [3.8, 4) is 17.2 Å². The van der Waals surface area contributed by atoms with E-state index in [9.17, 15) is 4.79 Å². The minimum atomic E-state index is -0.182. The van der Waals surface area contributed by atoms with E-state index >= 15 is 0 Å². The number of rotatable bonds is 11. The number of aliphatic imine (C=N–C) groups is 1. The Balaban J connectivity index is 0.00000729. The van der Waals surface area contributed by atoms with Gasteiger partial charge in [0.25, 0.3) is 0 Å². The zero-order valence-corrected chi connectivity index (χ0v) is 19.6. The van der Waals surface area contributed by atoms with E-state index in [0.29, 0.717) is 36.2 Å². The first kappa shape index (κ1) is 26.1. The number of hydrogen-bond acceptors (Lipinski definition) is 6. The molecule has 8 nitrogen and oxygen atoms in total. The first-order valence-corrected chi connectivity index (χ1v) is 8.97. The molecule has 0 heterocycles. The lowest BCUT2D eigenvalue weighted by atomic mass is 10.2. The average Bonchev–Trinajstić information content (AvgIpc) is 2.70. The van der Waals surface area contributed by atoms with Crippen LogP contribution in [0.25, 0.3) is 0 Å². The molecule has 0 radical (unpaired) electrons. The van der Waals surface area contributed by atoms with E-state index in [-0.39, 0.29) is 29.9 Å². The third-order valence-electron chi connectivity index (χ3n) is 3.82. The Bertz CT molecular complexity index is 601. The zero-order chi connectivity index (χ0) is 20.1. The maximum atomic E-state index is 11.1. The summed E-state index contributed by atoms with van der Waals surface area (Å²) in [6, 6.07) is 3.76. The van der Waals surface area contributed by atoms with E-state index < -0.39 is 0 Å². The molecule has 0 spiro atoms. The van der Waals surface area contributed by atoms with Gasteiger partial charge in [-0.2, -0.15) is 0 Å². The number of guanidine groups is 1. The Morgan fingerprint density at radius 1 is 1.00 bits per heavy atom. The SMILES string of the molecule is CCNC(=NCc1cc(OC)c(OC)c(OC)c1)NCCCCC(=O)OC.I. The molecule has 0 unspecified atom stereocenters. The van der Waals surface area contributed by atoms with Crippen molar-refractivity contribution in [1.29, 1.82) is 0 Å². The molecular formula is C19H32IN3O5. The number of halogens is 1. The number of methoxy groups -OCH3 is 4. The van der Waals surface area contributed by atoms with Gasteiger partial charge in [0.2, 0.25) is 5.75 Å². The van der Waals surface area contributed by atoms with Crippen LogP contribution in [0.4, 0.5) is 0 Å². The summed E-state index contributed by atoms with van der Waals surface area (Å²) in [5.74, 6) is 2.29. The summed E-state index contributed by atoms with van der Waals surface area (Å²) >= 11 is 0. The minimum absolute atomic E-state index is 0. The monoisotopic (exact) mass is 509 g/mol. The second-order valence-corrected chi connectivity index (χ2v) is 5.69. The van der Waals surface area contributed by atoms with Crippen molar-refractivity contribution in [3.05, 3.63) is 17.7 Å². The van der Waals surface area contributed by atoms with Crippen LogP contribution in [0, 0.1) is 0 Å². The second kappa shape index (κ2) is 15.1. The van der Waals surface area contributed by atoms with Crippen LogP contribution in [-0.4, -0.2) is 53.5 Å². The zero-order valence-electron chi connectivity index (χ0n) is 17.3. The van der Waals surface area contributed by atoms with E-state index in [0.717, 1.165) is 31.5 Å². The number of nitrogens with zero attached hydrogens (tertiary/aromatic N) is 1. The lowest BCUT2D eigenvalue weighted by Gasteiger charge is -2.14. The summed E-state index contributed by atoms with van der Waals surface area (Å²) in [5.41, 5.74) is 0.937. The molecule has 0 aliphatic rings. The van der Waals surface area contributed by atoms with Crippen molar-refractivity contribution in [2.24, 2.45) is 4.99 Å². The summed E-state index contributed by atoms with van der Waals surface area (Å²) in [6.45, 7) is 3.93. The van der Waals surface area contributed by atoms with E-state index in [4.69, 9.17) is 14.2 Å². The molecule has 0 aliphatic heterocycles. The van der Waals surface area contributed by atoms with Crippen molar-refractivity contribution in [3.63, 3.8) is 0 Å². The van der Waals surface area contributed by atoms with E-state index in [2.05, 4.69) is 20.4 Å². The Hall–Kier alpha value is -1.91. The van der Waals surface area contributed by atoms with Crippen LogP contribution >= 0.6 is 24.0 Å². The summed E-state index contributed by atoms with van der Waals surface area (Å²) in [5, 5.41) is 6.47. The molecule has 2 N–H and O–H groups in total. The normalized spacial score (nSPS) is 10.5. The first-order chi connectivity index (χ1) is 13.1. The molecule has 0 amide bonds. The number of hydrogen-bond donors (Lipinski definition) is 2. The molecule has 0 saturated heterocycles. The summed E-state index contributed by atoms with van der Waals surface area (Å²) in [4.78, 5) is 15.7. The maximum absolute atomic E-state index is 11.1. The van der Waals surface area contributed by atoms with Crippen LogP contribution in [-0.2, 0) is 16.1 Å². The van der Waals surface area contributed by atoms with Gasteiger partial charge < -0.3 is 29.6 Å². The van der Waals surface area contributed by atoms with Gasteiger partial charge in [0.05, 0.1) is 35.0 Å². The largest absolute Gasteiger partial charge is 0.493 e. The van der Waals surface area contributed by atoms with Crippen molar-refractivity contribution in [2.75, 3.05) is 41.5 Å². The molecule has 160 valence electrons. The fourth-order valence-electron chi connectivity index (χ4n) is 2.44. The van der Waals surface area contributed by atoms with Gasteiger partial charge in [-0.05, 0) is 37.5 Å². The van der Waals surface area contributed by atoms with E-state index in [1.807, 2.05) is 19.1 Å². The maximum Gasteiger partial charge on any atom is 0.305 e. The standard InChI is InChI=1S/C19H31N3O5.HI/c1-6-20-19(21-10-8-7-9-17(23)26-4)22-13-14-11-15(24-2)18(27-5)16(12-14)25-3;/h11-12H,6-10,13H2,1-5H3,(H2,20,21,22);1H. The fraction of sp³-hybridized carbons (Fsp3) is 0.579. The van der Waals surface area contributed by atoms with Crippen molar-refractivity contribution in [1.82, 2.24) is 10.6 Å². The van der Waals surface area contributed by atoms with Crippen molar-refractivity contribution < 1.29 is 23.7 Å². The molecule has 0 bridgehead atoms. The third kappa shape index (κ3) is 8.85. The van der Waals surface area contributed by atoms with Crippen LogP contribution in [0.15, 0.2) is 17.1 Å². The number of carbonyl (C=O) groups excluding carboxylic acids is 1. The number of esters is 1. The highest BCUT2D eigenvalue weighted by Crippen LogP contribution is 2.38. The number of nitrogens with one attached hydrogen (secondary N) is 2. The van der Waals surface area contributed by atoms with Gasteiger partial charge in [0.1, 0.15) is 0 Å². The molecule has 1 aromatic carbocycles. The lowest BCUT2D eigenvalue weighted by Crippen LogP contribution is -2.37. The van der Waals surface area contributed by atoms with Crippen molar-refractivity contribution in [2.45, 2.75) is 32.7 Å². The van der Waals surface area contributed by atoms with Crippen LogP contribution in [0.1, 0.15) is 31.7 Å². The number of unbranched alkanes of at least 4 members (excludes halogenated alkanes) is 1. The first-order valence-electron chi connectivity index (χ1n) is 8.97. The Labute approximate surface area is 184 Å². The van der Waals surface area contributed by atoms with Crippen LogP contribution < -0.4 is 24.8 Å². The van der Waals surface area contributed by atoms with Gasteiger partial charge in [-0.3, -0.25) is 4.79 Å². The molecule has 0 aliphatic carbocycles. The molecular weight excluding hydrogens is 477 g/mol. The van der Waals surface area contributed by atoms with Crippen LogP contribution in [0.5, 0.6) is 17.2 Å². The highest BCUT2D eigenvalue weighted by Gasteiger charge is 2.13. The van der Waals surface area contributed by atoms with Gasteiger partial charge >= 0.3 is 5.97 Å². The molecule has 1 rings (SSSR count). The van der Waals surface area contributed by atoms with Gasteiger partial charge in [-0.1, -0.05) is 0 Å². The molecule has 0 fully saturated rings. The minimum Gasteiger partial charge on any atom is -0.493 e. The van der Waals surface area contributed by atoms with Gasteiger partial charge in [0, 0.05) is 19.5 Å². The van der Waals surface area contributed by atoms with Crippen LogP contribution in [0.2, 0.25) is 0 Å². The number of ether oxygens (including phenoxy) is 4. The van der Waals surface area contributed by atoms with Crippen molar-refractivity contribution >= 4 is 35.9 Å². The van der Waals surface area contributed by atoms with E-state index in [1.165, 1.54) is 7.11 Å². The molecule has 0 aromatic heterocycles. The molecule has 0 saturated carbocycles. The molecule has 1 aromatic rings. The number of benzene rings is 1. The van der Waals surface area contributed by atoms with Crippen LogP contribution in [0.3, 0.4) is 0 Å². The highest BCUT2D eigenvalue weighted by atomic mass is 127. The molecule has 0 atom stereocenters. The Morgan fingerprint density at radius 3 is 2.14 bits per heavy atom. The van der Waals surface area contributed by atoms with Gasteiger partial charge in [0.15, 0.2) is 17.5 Å². The highest BCUT2D eigenvalue weighted by molar-refractivity contribution is 14.0. The molecule has 9 heteroatoms. The van der Waals surface area contributed by atoms with Gasteiger partial charge in [-0.25, -0.2) is 4.99 Å². The summed E-state index contributed by atoms with van der Waals surface area (Å²) < 4.78 is 20.7. The van der Waals surface area contributed by atoms with E-state index in [1.54, 1.807) is 21.3 Å². The van der Waals surface area contributed by atoms with Gasteiger partial charge in [-0.15, -0.1) is 24.0 Å². The average molecular weight is 509 g/mol. The lowest BCUT2D eigenvalue weighted by molar-refractivity contribution is -0.140. The summed E-state index contributed by atoms with van der Waals surface area (Å²) in [6.07, 6.45) is 2.05. The quantitative estimate of drug-likeness (QED) is 0.156. The third-order valence-corrected chi connectivity index (χ3v) is 3.82. The molecule has 28 heavy (non-hydrogen) atoms. The topological polar surface area (TPSA) is 90.4 Å². The predicted octanol–water partition coefficient (Wildman–Crippen LogP) is 2.73. The Kier molecular flexibility index (Phi) is 14.0. The summed E-state index contributed by atoms with van der Waals surface area (Å²) in [7, 11) is 6.15.